The Morgan fingerprint density at radius 1 is 1.19 bits per heavy atom. The Morgan fingerprint density at radius 2 is 2.03 bits per heavy atom. The molecule has 2 fully saturated rings. The molecular formula is C23H30N6O2S. The Balaban J connectivity index is 1.39. The molecule has 0 amide bonds. The SMILES string of the molecule is Cc1cccc2nc(CSc3nnc(N4CCC(C)CC4)n3CC3CCCO3)cc(=O)n12. The molecule has 0 saturated carbocycles. The van der Waals surface area contributed by atoms with Gasteiger partial charge in [-0.1, -0.05) is 24.8 Å². The van der Waals surface area contributed by atoms with E-state index in [4.69, 9.17) is 9.72 Å². The molecule has 0 N–H and O–H groups in total. The van der Waals surface area contributed by atoms with E-state index >= 15 is 0 Å². The van der Waals surface area contributed by atoms with Crippen molar-refractivity contribution in [3.05, 3.63) is 46.0 Å². The van der Waals surface area contributed by atoms with E-state index < -0.39 is 0 Å². The van der Waals surface area contributed by atoms with Gasteiger partial charge in [-0.25, -0.2) is 4.98 Å². The highest BCUT2D eigenvalue weighted by Gasteiger charge is 2.26. The van der Waals surface area contributed by atoms with Gasteiger partial charge in [0.15, 0.2) is 5.16 Å². The van der Waals surface area contributed by atoms with Crippen LogP contribution in [0.15, 0.2) is 34.2 Å². The number of aryl methyl sites for hydroxylation is 1. The van der Waals surface area contributed by atoms with Crippen molar-refractivity contribution in [1.82, 2.24) is 24.1 Å². The van der Waals surface area contributed by atoms with Crippen molar-refractivity contribution in [2.24, 2.45) is 5.92 Å². The normalized spacial score (nSPS) is 19.8. The molecule has 0 bridgehead atoms. The Hall–Kier alpha value is -2.39. The number of anilines is 1. The Morgan fingerprint density at radius 3 is 2.81 bits per heavy atom. The minimum Gasteiger partial charge on any atom is -0.376 e. The fourth-order valence-corrected chi connectivity index (χ4v) is 5.39. The predicted octanol–water partition coefficient (Wildman–Crippen LogP) is 3.30. The van der Waals surface area contributed by atoms with E-state index in [1.807, 2.05) is 25.1 Å². The van der Waals surface area contributed by atoms with Crippen LogP contribution in [0.3, 0.4) is 0 Å². The summed E-state index contributed by atoms with van der Waals surface area (Å²) in [5.74, 6) is 2.27. The number of piperidine rings is 1. The van der Waals surface area contributed by atoms with Crippen molar-refractivity contribution in [3.8, 4) is 0 Å². The van der Waals surface area contributed by atoms with Crippen molar-refractivity contribution in [3.63, 3.8) is 0 Å². The van der Waals surface area contributed by atoms with E-state index in [2.05, 4.69) is 26.6 Å². The molecular weight excluding hydrogens is 424 g/mol. The number of fused-ring (bicyclic) bond motifs is 1. The molecule has 8 nitrogen and oxygen atoms in total. The van der Waals surface area contributed by atoms with Crippen LogP contribution < -0.4 is 10.5 Å². The molecule has 1 atom stereocenters. The van der Waals surface area contributed by atoms with Gasteiger partial charge in [-0.3, -0.25) is 13.8 Å². The molecule has 3 aromatic heterocycles. The van der Waals surface area contributed by atoms with Crippen molar-refractivity contribution >= 4 is 23.4 Å². The van der Waals surface area contributed by atoms with E-state index in [1.165, 1.54) is 12.8 Å². The molecule has 2 aliphatic rings. The third-order valence-electron chi connectivity index (χ3n) is 6.46. The summed E-state index contributed by atoms with van der Waals surface area (Å²) in [6.07, 6.45) is 4.75. The van der Waals surface area contributed by atoms with E-state index in [9.17, 15) is 4.79 Å². The average molecular weight is 455 g/mol. The molecule has 32 heavy (non-hydrogen) atoms. The van der Waals surface area contributed by atoms with Gasteiger partial charge in [0.2, 0.25) is 5.95 Å². The number of rotatable bonds is 6. The highest BCUT2D eigenvalue weighted by atomic mass is 32.2. The Labute approximate surface area is 192 Å². The van der Waals surface area contributed by atoms with Gasteiger partial charge in [-0.15, -0.1) is 10.2 Å². The fraction of sp³-hybridized carbons (Fsp3) is 0.565. The molecule has 5 rings (SSSR count). The molecule has 0 aromatic carbocycles. The van der Waals surface area contributed by atoms with E-state index in [0.29, 0.717) is 11.4 Å². The minimum absolute atomic E-state index is 0.0485. The first kappa shape index (κ1) is 21.5. The lowest BCUT2D eigenvalue weighted by atomic mass is 10.00. The number of nitrogens with zero attached hydrogens (tertiary/aromatic N) is 6. The second-order valence-corrected chi connectivity index (χ2v) is 9.88. The molecule has 0 radical (unpaired) electrons. The topological polar surface area (TPSA) is 77.6 Å². The third kappa shape index (κ3) is 4.41. The lowest BCUT2D eigenvalue weighted by molar-refractivity contribution is 0.0951. The van der Waals surface area contributed by atoms with Gasteiger partial charge in [0.1, 0.15) is 5.65 Å². The van der Waals surface area contributed by atoms with Crippen molar-refractivity contribution < 1.29 is 4.74 Å². The maximum absolute atomic E-state index is 12.6. The number of hydrogen-bond donors (Lipinski definition) is 0. The van der Waals surface area contributed by atoms with Crippen molar-refractivity contribution in [2.45, 2.75) is 63.1 Å². The molecule has 9 heteroatoms. The zero-order valence-corrected chi connectivity index (χ0v) is 19.6. The highest BCUT2D eigenvalue weighted by molar-refractivity contribution is 7.98. The number of pyridine rings is 1. The lowest BCUT2D eigenvalue weighted by Gasteiger charge is -2.31. The Bertz CT molecular complexity index is 1150. The molecule has 5 heterocycles. The molecule has 3 aromatic rings. The summed E-state index contributed by atoms with van der Waals surface area (Å²) >= 11 is 1.59. The molecule has 2 aliphatic heterocycles. The molecule has 2 saturated heterocycles. The van der Waals surface area contributed by atoms with Crippen LogP contribution in [0.4, 0.5) is 5.95 Å². The first-order chi connectivity index (χ1) is 15.6. The van der Waals surface area contributed by atoms with Crippen LogP contribution in [0.25, 0.3) is 5.65 Å². The lowest BCUT2D eigenvalue weighted by Crippen LogP contribution is -2.35. The monoisotopic (exact) mass is 454 g/mol. The maximum Gasteiger partial charge on any atom is 0.258 e. The molecule has 0 aliphatic carbocycles. The summed E-state index contributed by atoms with van der Waals surface area (Å²) in [4.78, 5) is 19.7. The van der Waals surface area contributed by atoms with Gasteiger partial charge in [0.05, 0.1) is 18.3 Å². The van der Waals surface area contributed by atoms with Crippen LogP contribution in [-0.4, -0.2) is 49.9 Å². The number of hydrogen-bond acceptors (Lipinski definition) is 7. The van der Waals surface area contributed by atoms with Gasteiger partial charge < -0.3 is 9.64 Å². The highest BCUT2D eigenvalue weighted by Crippen LogP contribution is 2.29. The first-order valence-corrected chi connectivity index (χ1v) is 12.5. The summed E-state index contributed by atoms with van der Waals surface area (Å²) < 4.78 is 9.78. The first-order valence-electron chi connectivity index (χ1n) is 11.5. The second kappa shape index (κ2) is 9.23. The Kier molecular flexibility index (Phi) is 6.19. The van der Waals surface area contributed by atoms with Crippen molar-refractivity contribution in [2.75, 3.05) is 24.6 Å². The smallest absolute Gasteiger partial charge is 0.258 e. The van der Waals surface area contributed by atoms with Gasteiger partial charge in [0, 0.05) is 37.2 Å². The summed E-state index contributed by atoms with van der Waals surface area (Å²) in [6.45, 7) is 7.85. The summed E-state index contributed by atoms with van der Waals surface area (Å²) in [6, 6.07) is 7.34. The third-order valence-corrected chi connectivity index (χ3v) is 7.46. The van der Waals surface area contributed by atoms with Crippen LogP contribution >= 0.6 is 11.8 Å². The predicted molar refractivity (Wildman–Crippen MR) is 125 cm³/mol. The largest absolute Gasteiger partial charge is 0.376 e. The fourth-order valence-electron chi connectivity index (χ4n) is 4.56. The zero-order valence-electron chi connectivity index (χ0n) is 18.7. The standard InChI is InChI=1S/C23H30N6O2S/c1-16-8-10-27(11-9-16)22-25-26-23(28(22)14-19-6-4-12-31-19)32-15-18-13-21(30)29-17(2)5-3-7-20(29)24-18/h3,5,7,13,16,19H,4,6,8-12,14-15H2,1-2H3. The van der Waals surface area contributed by atoms with Gasteiger partial charge >= 0.3 is 0 Å². The van der Waals surface area contributed by atoms with Crippen LogP contribution in [0.1, 0.15) is 44.0 Å². The van der Waals surface area contributed by atoms with Gasteiger partial charge in [0.25, 0.3) is 5.56 Å². The van der Waals surface area contributed by atoms with Gasteiger partial charge in [-0.05, 0) is 50.7 Å². The van der Waals surface area contributed by atoms with Crippen LogP contribution in [0.2, 0.25) is 0 Å². The zero-order chi connectivity index (χ0) is 22.1. The van der Waals surface area contributed by atoms with E-state index in [-0.39, 0.29) is 11.7 Å². The molecule has 1 unspecified atom stereocenters. The second-order valence-electron chi connectivity index (χ2n) is 8.93. The number of ether oxygens (including phenoxy) is 1. The van der Waals surface area contributed by atoms with E-state index in [0.717, 1.165) is 67.5 Å². The van der Waals surface area contributed by atoms with E-state index in [1.54, 1.807) is 22.2 Å². The molecule has 0 spiro atoms. The number of aromatic nitrogens is 5. The quantitative estimate of drug-likeness (QED) is 0.529. The summed E-state index contributed by atoms with van der Waals surface area (Å²) in [5, 5.41) is 9.97. The summed E-state index contributed by atoms with van der Waals surface area (Å²) in [5.41, 5.74) is 2.27. The van der Waals surface area contributed by atoms with Gasteiger partial charge in [-0.2, -0.15) is 0 Å². The average Bonchev–Trinajstić information content (AvgIpc) is 3.43. The summed E-state index contributed by atoms with van der Waals surface area (Å²) in [7, 11) is 0. The van der Waals surface area contributed by atoms with Crippen LogP contribution in [-0.2, 0) is 17.0 Å². The molecule has 170 valence electrons. The van der Waals surface area contributed by atoms with Crippen LogP contribution in [0.5, 0.6) is 0 Å². The van der Waals surface area contributed by atoms with Crippen LogP contribution in [0, 0.1) is 12.8 Å². The number of thioether (sulfide) groups is 1. The minimum atomic E-state index is -0.0485. The van der Waals surface area contributed by atoms with Crippen molar-refractivity contribution in [1.29, 1.82) is 0 Å². The maximum atomic E-state index is 12.6.